The van der Waals surface area contributed by atoms with Crippen LogP contribution in [0.25, 0.3) is 11.3 Å². The first-order valence-electron chi connectivity index (χ1n) is 9.04. The average molecular weight is 388 g/mol. The number of aryl methyl sites for hydroxylation is 3. The summed E-state index contributed by atoms with van der Waals surface area (Å²) < 4.78 is 4.82. The second-order valence-corrected chi connectivity index (χ2v) is 7.85. The summed E-state index contributed by atoms with van der Waals surface area (Å²) >= 11 is 1.41. The molecule has 1 fully saturated rings. The maximum atomic E-state index is 12.4. The molecule has 7 heteroatoms. The zero-order chi connectivity index (χ0) is 19.6. The minimum atomic E-state index is -0.328. The molecule has 1 aliphatic rings. The first-order chi connectivity index (χ1) is 12.9. The van der Waals surface area contributed by atoms with E-state index >= 15 is 0 Å². The van der Waals surface area contributed by atoms with Crippen molar-refractivity contribution in [3.05, 3.63) is 34.2 Å². The third kappa shape index (κ3) is 4.36. The molecular weight excluding hydrogens is 362 g/mol. The van der Waals surface area contributed by atoms with Crippen molar-refractivity contribution >= 4 is 28.3 Å². The van der Waals surface area contributed by atoms with Crippen molar-refractivity contribution in [1.29, 1.82) is 0 Å². The number of benzene rings is 1. The van der Waals surface area contributed by atoms with Gasteiger partial charge in [-0.05, 0) is 62.9 Å². The minimum Gasteiger partial charge on any atom is -0.468 e. The Morgan fingerprint density at radius 3 is 2.74 bits per heavy atom. The summed E-state index contributed by atoms with van der Waals surface area (Å²) in [7, 11) is 1.38. The molecule has 144 valence electrons. The number of aromatic nitrogens is 1. The van der Waals surface area contributed by atoms with Gasteiger partial charge >= 0.3 is 5.97 Å². The number of carbonyl (C=O) groups is 2. The van der Waals surface area contributed by atoms with Crippen LogP contribution < -0.4 is 5.32 Å². The van der Waals surface area contributed by atoms with Crippen LogP contribution in [0.15, 0.2) is 17.5 Å². The number of hydrogen-bond acceptors (Lipinski definition) is 6. The van der Waals surface area contributed by atoms with E-state index in [4.69, 9.17) is 4.74 Å². The third-order valence-electron chi connectivity index (χ3n) is 5.05. The van der Waals surface area contributed by atoms with Gasteiger partial charge in [-0.25, -0.2) is 4.98 Å². The van der Waals surface area contributed by atoms with Crippen molar-refractivity contribution in [3.63, 3.8) is 0 Å². The molecule has 6 nitrogen and oxygen atoms in total. The standard InChI is InChI=1S/C20H25N3O3S/c1-12-8-14(3)15(9-13(12)2)16-11-27-20(21-16)22-18(24)10-23-7-5-6-17(23)19(25)26-4/h8-9,11,17H,5-7,10H2,1-4H3,(H,21,22,24). The fraction of sp³-hybridized carbons (Fsp3) is 0.450. The number of methoxy groups -OCH3 is 1. The second kappa shape index (κ2) is 8.19. The van der Waals surface area contributed by atoms with Gasteiger partial charge in [-0.1, -0.05) is 6.07 Å². The van der Waals surface area contributed by atoms with Crippen LogP contribution >= 0.6 is 11.3 Å². The van der Waals surface area contributed by atoms with Gasteiger partial charge in [-0.2, -0.15) is 0 Å². The Morgan fingerprint density at radius 2 is 2.00 bits per heavy atom. The molecule has 1 atom stereocenters. The summed E-state index contributed by atoms with van der Waals surface area (Å²) in [6.07, 6.45) is 1.62. The maximum absolute atomic E-state index is 12.4. The SMILES string of the molecule is COC(=O)C1CCCN1CC(=O)Nc1nc(-c2cc(C)c(C)cc2C)cs1. The monoisotopic (exact) mass is 387 g/mol. The van der Waals surface area contributed by atoms with E-state index in [9.17, 15) is 9.59 Å². The van der Waals surface area contributed by atoms with Gasteiger partial charge in [0.25, 0.3) is 0 Å². The molecular formula is C20H25N3O3S. The highest BCUT2D eigenvalue weighted by molar-refractivity contribution is 7.14. The van der Waals surface area contributed by atoms with Crippen LogP contribution in [-0.2, 0) is 14.3 Å². The predicted octanol–water partition coefficient (Wildman–Crippen LogP) is 3.31. The van der Waals surface area contributed by atoms with Crippen LogP contribution in [0.3, 0.4) is 0 Å². The van der Waals surface area contributed by atoms with E-state index in [0.29, 0.717) is 5.13 Å². The number of ether oxygens (including phenoxy) is 1. The van der Waals surface area contributed by atoms with Gasteiger partial charge in [0.2, 0.25) is 5.91 Å². The zero-order valence-electron chi connectivity index (χ0n) is 16.2. The number of nitrogens with zero attached hydrogens (tertiary/aromatic N) is 2. The van der Waals surface area contributed by atoms with Gasteiger partial charge in [0.1, 0.15) is 6.04 Å². The number of anilines is 1. The van der Waals surface area contributed by atoms with Gasteiger partial charge in [0, 0.05) is 10.9 Å². The van der Waals surface area contributed by atoms with E-state index in [0.717, 1.165) is 30.6 Å². The summed E-state index contributed by atoms with van der Waals surface area (Å²) in [5.41, 5.74) is 5.59. The Balaban J connectivity index is 1.66. The van der Waals surface area contributed by atoms with Crippen LogP contribution in [-0.4, -0.2) is 48.0 Å². The van der Waals surface area contributed by atoms with Crippen LogP contribution in [0.5, 0.6) is 0 Å². The number of esters is 1. The lowest BCUT2D eigenvalue weighted by molar-refractivity contribution is -0.146. The lowest BCUT2D eigenvalue weighted by Crippen LogP contribution is -2.41. The third-order valence-corrected chi connectivity index (χ3v) is 5.81. The van der Waals surface area contributed by atoms with E-state index in [1.807, 2.05) is 10.3 Å². The van der Waals surface area contributed by atoms with Crippen molar-refractivity contribution in [3.8, 4) is 11.3 Å². The van der Waals surface area contributed by atoms with Crippen molar-refractivity contribution in [1.82, 2.24) is 9.88 Å². The topological polar surface area (TPSA) is 71.5 Å². The quantitative estimate of drug-likeness (QED) is 0.797. The average Bonchev–Trinajstić information content (AvgIpc) is 3.27. The molecule has 0 bridgehead atoms. The normalized spacial score (nSPS) is 17.1. The van der Waals surface area contributed by atoms with Crippen LogP contribution in [0.1, 0.15) is 29.5 Å². The number of nitrogens with one attached hydrogen (secondary N) is 1. The van der Waals surface area contributed by atoms with Crippen molar-refractivity contribution < 1.29 is 14.3 Å². The Morgan fingerprint density at radius 1 is 1.26 bits per heavy atom. The summed E-state index contributed by atoms with van der Waals surface area (Å²) in [5, 5.41) is 5.39. The highest BCUT2D eigenvalue weighted by Crippen LogP contribution is 2.29. The second-order valence-electron chi connectivity index (χ2n) is 6.99. The molecule has 2 heterocycles. The fourth-order valence-corrected chi connectivity index (χ4v) is 4.18. The maximum Gasteiger partial charge on any atom is 0.323 e. The molecule has 0 spiro atoms. The Hall–Kier alpha value is -2.25. The summed E-state index contributed by atoms with van der Waals surface area (Å²) in [4.78, 5) is 30.6. The summed E-state index contributed by atoms with van der Waals surface area (Å²) in [6.45, 7) is 7.13. The van der Waals surface area contributed by atoms with Crippen molar-refractivity contribution in [2.75, 3.05) is 25.5 Å². The Bertz CT molecular complexity index is 862. The lowest BCUT2D eigenvalue weighted by atomic mass is 9.99. The van der Waals surface area contributed by atoms with Crippen LogP contribution in [0.4, 0.5) is 5.13 Å². The van der Waals surface area contributed by atoms with Crippen molar-refractivity contribution in [2.45, 2.75) is 39.7 Å². The zero-order valence-corrected chi connectivity index (χ0v) is 17.0. The molecule has 0 aliphatic carbocycles. The molecule has 0 radical (unpaired) electrons. The molecule has 27 heavy (non-hydrogen) atoms. The summed E-state index contributed by atoms with van der Waals surface area (Å²) in [6, 6.07) is 3.96. The van der Waals surface area contributed by atoms with Gasteiger partial charge in [-0.3, -0.25) is 14.5 Å². The van der Waals surface area contributed by atoms with Gasteiger partial charge in [0.05, 0.1) is 19.3 Å². The summed E-state index contributed by atoms with van der Waals surface area (Å²) in [5.74, 6) is -0.439. The number of rotatable bonds is 5. The van der Waals surface area contributed by atoms with E-state index < -0.39 is 0 Å². The number of hydrogen-bond donors (Lipinski definition) is 1. The fourth-order valence-electron chi connectivity index (χ4n) is 3.45. The Kier molecular flexibility index (Phi) is 5.92. The molecule has 1 saturated heterocycles. The number of thiazole rings is 1. The largest absolute Gasteiger partial charge is 0.468 e. The first kappa shape index (κ1) is 19.5. The van der Waals surface area contributed by atoms with E-state index in [-0.39, 0.29) is 24.5 Å². The van der Waals surface area contributed by atoms with E-state index in [1.165, 1.54) is 35.1 Å². The van der Waals surface area contributed by atoms with Gasteiger partial charge in [-0.15, -0.1) is 11.3 Å². The molecule has 1 aromatic carbocycles. The van der Waals surface area contributed by atoms with Crippen molar-refractivity contribution in [2.24, 2.45) is 0 Å². The molecule has 1 amide bonds. The van der Waals surface area contributed by atoms with E-state index in [1.54, 1.807) is 0 Å². The molecule has 3 rings (SSSR count). The molecule has 1 unspecified atom stereocenters. The highest BCUT2D eigenvalue weighted by atomic mass is 32.1. The van der Waals surface area contributed by atoms with E-state index in [2.05, 4.69) is 43.2 Å². The Labute approximate surface area is 163 Å². The minimum absolute atomic E-state index is 0.163. The molecule has 0 saturated carbocycles. The predicted molar refractivity (Wildman–Crippen MR) is 107 cm³/mol. The smallest absolute Gasteiger partial charge is 0.323 e. The molecule has 1 N–H and O–H groups in total. The molecule has 1 aromatic heterocycles. The van der Waals surface area contributed by atoms with Gasteiger partial charge < -0.3 is 10.1 Å². The lowest BCUT2D eigenvalue weighted by Gasteiger charge is -2.21. The number of carbonyl (C=O) groups excluding carboxylic acids is 2. The number of likely N-dealkylation sites (tertiary alicyclic amines) is 1. The van der Waals surface area contributed by atoms with Gasteiger partial charge in [0.15, 0.2) is 5.13 Å². The first-order valence-corrected chi connectivity index (χ1v) is 9.92. The molecule has 2 aromatic rings. The number of amides is 1. The molecule has 1 aliphatic heterocycles. The van der Waals surface area contributed by atoms with Crippen LogP contribution in [0, 0.1) is 20.8 Å². The van der Waals surface area contributed by atoms with Crippen LogP contribution in [0.2, 0.25) is 0 Å². The highest BCUT2D eigenvalue weighted by Gasteiger charge is 2.32.